The molecule has 0 aromatic rings. The van der Waals surface area contributed by atoms with Crippen molar-refractivity contribution in [2.24, 2.45) is 5.92 Å². The van der Waals surface area contributed by atoms with E-state index in [1.54, 1.807) is 0 Å². The standard InChI is InChI=1S/C13H24N2O3/c1-10(2)15(8-4-6-12(16)17)13(18)11-5-3-7-14-9-11/h10-11,14H,3-9H2,1-2H3,(H,16,17)/t11-/m0/s1. The maximum atomic E-state index is 12.4. The van der Waals surface area contributed by atoms with Crippen molar-refractivity contribution in [3.05, 3.63) is 0 Å². The third kappa shape index (κ3) is 4.64. The Hall–Kier alpha value is -1.10. The number of hydrogen-bond acceptors (Lipinski definition) is 3. The molecule has 0 radical (unpaired) electrons. The quantitative estimate of drug-likeness (QED) is 0.746. The summed E-state index contributed by atoms with van der Waals surface area (Å²) in [5, 5.41) is 11.9. The second kappa shape index (κ2) is 7.36. The zero-order chi connectivity index (χ0) is 13.5. The van der Waals surface area contributed by atoms with Crippen LogP contribution >= 0.6 is 0 Å². The van der Waals surface area contributed by atoms with E-state index in [1.165, 1.54) is 0 Å². The lowest BCUT2D eigenvalue weighted by Gasteiger charge is -2.32. The number of carbonyl (C=O) groups excluding carboxylic acids is 1. The van der Waals surface area contributed by atoms with E-state index in [0.717, 1.165) is 25.9 Å². The van der Waals surface area contributed by atoms with Crippen LogP contribution in [0.2, 0.25) is 0 Å². The zero-order valence-electron chi connectivity index (χ0n) is 11.3. The van der Waals surface area contributed by atoms with E-state index in [-0.39, 0.29) is 24.3 Å². The summed E-state index contributed by atoms with van der Waals surface area (Å²) in [6.07, 6.45) is 2.63. The predicted octanol–water partition coefficient (Wildman–Crippen LogP) is 1.09. The van der Waals surface area contributed by atoms with Crippen LogP contribution in [0.1, 0.15) is 39.5 Å². The van der Waals surface area contributed by atoms with Crippen LogP contribution in [0.15, 0.2) is 0 Å². The summed E-state index contributed by atoms with van der Waals surface area (Å²) in [6, 6.07) is 0.133. The Bertz CT molecular complexity index is 286. The molecule has 1 aliphatic rings. The molecule has 1 atom stereocenters. The summed E-state index contributed by atoms with van der Waals surface area (Å²) in [7, 11) is 0. The third-order valence-corrected chi connectivity index (χ3v) is 3.34. The van der Waals surface area contributed by atoms with Gasteiger partial charge in [0.2, 0.25) is 5.91 Å². The van der Waals surface area contributed by atoms with Gasteiger partial charge in [-0.25, -0.2) is 0 Å². The number of carboxylic acids is 1. The summed E-state index contributed by atoms with van der Waals surface area (Å²) in [4.78, 5) is 24.7. The number of aliphatic carboxylic acids is 1. The van der Waals surface area contributed by atoms with Crippen LogP contribution < -0.4 is 5.32 Å². The number of carbonyl (C=O) groups is 2. The van der Waals surface area contributed by atoms with Crippen molar-refractivity contribution in [2.75, 3.05) is 19.6 Å². The van der Waals surface area contributed by atoms with E-state index in [4.69, 9.17) is 5.11 Å². The largest absolute Gasteiger partial charge is 0.481 e. The molecule has 5 nitrogen and oxygen atoms in total. The average Bonchev–Trinajstić information content (AvgIpc) is 2.34. The number of piperidine rings is 1. The minimum Gasteiger partial charge on any atom is -0.481 e. The van der Waals surface area contributed by atoms with Crippen molar-refractivity contribution in [2.45, 2.75) is 45.6 Å². The second-order valence-electron chi connectivity index (χ2n) is 5.17. The Morgan fingerprint density at radius 1 is 1.44 bits per heavy atom. The molecule has 5 heteroatoms. The van der Waals surface area contributed by atoms with Crippen molar-refractivity contribution in [3.8, 4) is 0 Å². The number of rotatable bonds is 6. The van der Waals surface area contributed by atoms with Crippen molar-refractivity contribution >= 4 is 11.9 Å². The van der Waals surface area contributed by atoms with Gasteiger partial charge in [0.15, 0.2) is 0 Å². The van der Waals surface area contributed by atoms with Gasteiger partial charge in [0.05, 0.1) is 5.92 Å². The molecule has 0 saturated carbocycles. The van der Waals surface area contributed by atoms with Gasteiger partial charge in [0, 0.05) is 25.6 Å². The van der Waals surface area contributed by atoms with Gasteiger partial charge >= 0.3 is 5.97 Å². The molecule has 1 heterocycles. The van der Waals surface area contributed by atoms with E-state index >= 15 is 0 Å². The summed E-state index contributed by atoms with van der Waals surface area (Å²) in [6.45, 7) is 6.24. The fourth-order valence-electron chi connectivity index (χ4n) is 2.32. The van der Waals surface area contributed by atoms with Crippen LogP contribution in [-0.4, -0.2) is 47.6 Å². The lowest BCUT2D eigenvalue weighted by molar-refractivity contribution is -0.140. The van der Waals surface area contributed by atoms with Gasteiger partial charge in [-0.3, -0.25) is 9.59 Å². The van der Waals surface area contributed by atoms with Gasteiger partial charge < -0.3 is 15.3 Å². The van der Waals surface area contributed by atoms with Crippen LogP contribution in [0.3, 0.4) is 0 Å². The monoisotopic (exact) mass is 256 g/mol. The van der Waals surface area contributed by atoms with E-state index < -0.39 is 5.97 Å². The number of hydrogen-bond donors (Lipinski definition) is 2. The first-order valence-electron chi connectivity index (χ1n) is 6.75. The summed E-state index contributed by atoms with van der Waals surface area (Å²) in [5.74, 6) is -0.570. The molecular formula is C13H24N2O3. The highest BCUT2D eigenvalue weighted by Crippen LogP contribution is 2.15. The molecule has 0 spiro atoms. The molecule has 1 aliphatic heterocycles. The van der Waals surface area contributed by atoms with Gasteiger partial charge in [-0.15, -0.1) is 0 Å². The topological polar surface area (TPSA) is 69.6 Å². The normalized spacial score (nSPS) is 19.8. The zero-order valence-corrected chi connectivity index (χ0v) is 11.3. The minimum absolute atomic E-state index is 0.0611. The highest BCUT2D eigenvalue weighted by atomic mass is 16.4. The van der Waals surface area contributed by atoms with Crippen LogP contribution in [0.4, 0.5) is 0 Å². The molecule has 0 aliphatic carbocycles. The van der Waals surface area contributed by atoms with Crippen LogP contribution in [0, 0.1) is 5.92 Å². The fraction of sp³-hybridized carbons (Fsp3) is 0.846. The number of nitrogens with one attached hydrogen (secondary N) is 1. The van der Waals surface area contributed by atoms with Crippen LogP contribution in [0.25, 0.3) is 0 Å². The Labute approximate surface area is 109 Å². The maximum absolute atomic E-state index is 12.4. The molecule has 2 N–H and O–H groups in total. The first kappa shape index (κ1) is 15.0. The fourth-order valence-corrected chi connectivity index (χ4v) is 2.32. The van der Waals surface area contributed by atoms with E-state index in [1.807, 2.05) is 18.7 Å². The van der Waals surface area contributed by atoms with E-state index in [9.17, 15) is 9.59 Å². The Morgan fingerprint density at radius 3 is 2.67 bits per heavy atom. The Balaban J connectivity index is 2.48. The van der Waals surface area contributed by atoms with Crippen molar-refractivity contribution < 1.29 is 14.7 Å². The number of nitrogens with zero attached hydrogens (tertiary/aromatic N) is 1. The smallest absolute Gasteiger partial charge is 0.303 e. The second-order valence-corrected chi connectivity index (χ2v) is 5.17. The van der Waals surface area contributed by atoms with E-state index in [2.05, 4.69) is 5.32 Å². The maximum Gasteiger partial charge on any atom is 0.303 e. The predicted molar refractivity (Wildman–Crippen MR) is 69.3 cm³/mol. The van der Waals surface area contributed by atoms with Crippen molar-refractivity contribution in [1.29, 1.82) is 0 Å². The molecule has 0 aromatic heterocycles. The molecule has 0 unspecified atom stereocenters. The van der Waals surface area contributed by atoms with Gasteiger partial charge in [-0.1, -0.05) is 0 Å². The Morgan fingerprint density at radius 2 is 2.17 bits per heavy atom. The van der Waals surface area contributed by atoms with Crippen LogP contribution in [-0.2, 0) is 9.59 Å². The van der Waals surface area contributed by atoms with Gasteiger partial charge in [0.25, 0.3) is 0 Å². The molecule has 104 valence electrons. The van der Waals surface area contributed by atoms with Gasteiger partial charge in [0.1, 0.15) is 0 Å². The van der Waals surface area contributed by atoms with Crippen molar-refractivity contribution in [3.63, 3.8) is 0 Å². The summed E-state index contributed by atoms with van der Waals surface area (Å²) in [5.41, 5.74) is 0. The first-order chi connectivity index (χ1) is 8.52. The molecular weight excluding hydrogens is 232 g/mol. The molecule has 1 saturated heterocycles. The highest BCUT2D eigenvalue weighted by molar-refractivity contribution is 5.79. The average molecular weight is 256 g/mol. The molecule has 0 bridgehead atoms. The summed E-state index contributed by atoms with van der Waals surface area (Å²) >= 11 is 0. The van der Waals surface area contributed by atoms with Gasteiger partial charge in [-0.2, -0.15) is 0 Å². The molecule has 1 rings (SSSR count). The molecule has 18 heavy (non-hydrogen) atoms. The van der Waals surface area contributed by atoms with Crippen LogP contribution in [0.5, 0.6) is 0 Å². The van der Waals surface area contributed by atoms with E-state index in [0.29, 0.717) is 13.0 Å². The molecule has 0 aromatic carbocycles. The highest BCUT2D eigenvalue weighted by Gasteiger charge is 2.27. The SMILES string of the molecule is CC(C)N(CCCC(=O)O)C(=O)[C@H]1CCCNC1. The van der Waals surface area contributed by atoms with Crippen molar-refractivity contribution in [1.82, 2.24) is 10.2 Å². The Kier molecular flexibility index (Phi) is 6.12. The molecule has 1 amide bonds. The number of amides is 1. The van der Waals surface area contributed by atoms with Gasteiger partial charge in [-0.05, 0) is 39.7 Å². The summed E-state index contributed by atoms with van der Waals surface area (Å²) < 4.78 is 0. The number of carboxylic acid groups (broad SMARTS) is 1. The lowest BCUT2D eigenvalue weighted by atomic mass is 9.97. The molecule has 1 fully saturated rings. The lowest BCUT2D eigenvalue weighted by Crippen LogP contribution is -2.46. The minimum atomic E-state index is -0.800. The first-order valence-corrected chi connectivity index (χ1v) is 6.75. The third-order valence-electron chi connectivity index (χ3n) is 3.34.